The van der Waals surface area contributed by atoms with Crippen molar-refractivity contribution in [2.45, 2.75) is 51.6 Å². The van der Waals surface area contributed by atoms with E-state index in [2.05, 4.69) is 5.32 Å². The van der Waals surface area contributed by atoms with Crippen LogP contribution in [0, 0.1) is 5.92 Å². The van der Waals surface area contributed by atoms with E-state index >= 15 is 0 Å². The van der Waals surface area contributed by atoms with E-state index in [1.54, 1.807) is 0 Å². The van der Waals surface area contributed by atoms with Crippen molar-refractivity contribution in [3.05, 3.63) is 0 Å². The number of hydrogen-bond acceptors (Lipinski definition) is 3. The van der Waals surface area contributed by atoms with Gasteiger partial charge in [-0.15, -0.1) is 0 Å². The van der Waals surface area contributed by atoms with Crippen molar-refractivity contribution < 1.29 is 19.4 Å². The van der Waals surface area contributed by atoms with E-state index in [1.807, 2.05) is 6.92 Å². The quantitative estimate of drug-likeness (QED) is 0.692. The van der Waals surface area contributed by atoms with Crippen LogP contribution in [-0.2, 0) is 14.3 Å². The van der Waals surface area contributed by atoms with Gasteiger partial charge in [-0.2, -0.15) is 0 Å². The highest BCUT2D eigenvalue weighted by Gasteiger charge is 2.18. The Morgan fingerprint density at radius 1 is 1.44 bits per heavy atom. The van der Waals surface area contributed by atoms with Crippen LogP contribution in [0.5, 0.6) is 0 Å². The van der Waals surface area contributed by atoms with Crippen LogP contribution in [0.25, 0.3) is 0 Å². The summed E-state index contributed by atoms with van der Waals surface area (Å²) in [7, 11) is 0. The van der Waals surface area contributed by atoms with Gasteiger partial charge in [-0.3, -0.25) is 9.59 Å². The summed E-state index contributed by atoms with van der Waals surface area (Å²) in [4.78, 5) is 22.0. The molecule has 0 spiro atoms. The van der Waals surface area contributed by atoms with Gasteiger partial charge in [0.2, 0.25) is 5.91 Å². The Kier molecular flexibility index (Phi) is 6.72. The molecule has 1 rings (SSSR count). The molecule has 0 bridgehead atoms. The van der Waals surface area contributed by atoms with Gasteiger partial charge < -0.3 is 15.2 Å². The molecule has 2 unspecified atom stereocenters. The van der Waals surface area contributed by atoms with Gasteiger partial charge in [0.1, 0.15) is 0 Å². The van der Waals surface area contributed by atoms with Crippen molar-refractivity contribution in [2.75, 3.05) is 13.2 Å². The smallest absolute Gasteiger partial charge is 0.303 e. The summed E-state index contributed by atoms with van der Waals surface area (Å²) in [6.07, 6.45) is 4.25. The first-order valence-electron chi connectivity index (χ1n) is 6.68. The summed E-state index contributed by atoms with van der Waals surface area (Å²) in [6, 6.07) is 0. The lowest BCUT2D eigenvalue weighted by molar-refractivity contribution is -0.137. The fourth-order valence-corrected chi connectivity index (χ4v) is 2.06. The standard InChI is InChI=1S/C13H23NO4/c1-10(4-5-13(16)17)6-7-14-12(15)9-11-3-2-8-18-11/h10-11H,2-9H2,1H3,(H,14,15)(H,16,17). The Hall–Kier alpha value is -1.10. The fraction of sp³-hybridized carbons (Fsp3) is 0.846. The van der Waals surface area contributed by atoms with E-state index in [0.717, 1.165) is 25.9 Å². The third-order valence-electron chi connectivity index (χ3n) is 3.25. The molecule has 5 heteroatoms. The molecule has 1 fully saturated rings. The number of amides is 1. The predicted octanol–water partition coefficient (Wildman–Crippen LogP) is 1.56. The largest absolute Gasteiger partial charge is 0.481 e. The zero-order valence-corrected chi connectivity index (χ0v) is 11.0. The Labute approximate surface area is 108 Å². The number of ether oxygens (including phenoxy) is 1. The third kappa shape index (κ3) is 6.59. The minimum atomic E-state index is -0.760. The van der Waals surface area contributed by atoms with Crippen molar-refractivity contribution in [1.82, 2.24) is 5.32 Å². The topological polar surface area (TPSA) is 75.6 Å². The first kappa shape index (κ1) is 15.0. The molecule has 1 saturated heterocycles. The first-order chi connectivity index (χ1) is 8.58. The number of nitrogens with one attached hydrogen (secondary N) is 1. The molecule has 18 heavy (non-hydrogen) atoms. The number of hydrogen-bond donors (Lipinski definition) is 2. The first-order valence-corrected chi connectivity index (χ1v) is 6.68. The molecule has 5 nitrogen and oxygen atoms in total. The Bertz CT molecular complexity index is 274. The van der Waals surface area contributed by atoms with Crippen LogP contribution in [0.15, 0.2) is 0 Å². The van der Waals surface area contributed by atoms with E-state index in [1.165, 1.54) is 0 Å². The fourth-order valence-electron chi connectivity index (χ4n) is 2.06. The lowest BCUT2D eigenvalue weighted by Gasteiger charge is -2.12. The Morgan fingerprint density at radius 2 is 2.22 bits per heavy atom. The highest BCUT2D eigenvalue weighted by molar-refractivity contribution is 5.76. The van der Waals surface area contributed by atoms with Gasteiger partial charge in [0.15, 0.2) is 0 Å². The summed E-state index contributed by atoms with van der Waals surface area (Å²) >= 11 is 0. The third-order valence-corrected chi connectivity index (χ3v) is 3.25. The van der Waals surface area contributed by atoms with Gasteiger partial charge in [-0.05, 0) is 31.6 Å². The lowest BCUT2D eigenvalue weighted by atomic mass is 10.0. The van der Waals surface area contributed by atoms with E-state index in [-0.39, 0.29) is 18.4 Å². The number of carboxylic acids is 1. The summed E-state index contributed by atoms with van der Waals surface area (Å²) in [5.41, 5.74) is 0. The van der Waals surface area contributed by atoms with Gasteiger partial charge in [-0.1, -0.05) is 6.92 Å². The molecule has 2 N–H and O–H groups in total. The number of rotatable bonds is 8. The molecule has 0 aromatic heterocycles. The van der Waals surface area contributed by atoms with Gasteiger partial charge in [0.25, 0.3) is 0 Å². The summed E-state index contributed by atoms with van der Waals surface area (Å²) in [5, 5.41) is 11.4. The van der Waals surface area contributed by atoms with Crippen molar-refractivity contribution in [3.63, 3.8) is 0 Å². The van der Waals surface area contributed by atoms with E-state index in [9.17, 15) is 9.59 Å². The second-order valence-corrected chi connectivity index (χ2v) is 5.02. The van der Waals surface area contributed by atoms with Crippen molar-refractivity contribution in [2.24, 2.45) is 5.92 Å². The van der Waals surface area contributed by atoms with Gasteiger partial charge in [0.05, 0.1) is 12.5 Å². The van der Waals surface area contributed by atoms with E-state index < -0.39 is 5.97 Å². The number of carboxylic acid groups (broad SMARTS) is 1. The van der Waals surface area contributed by atoms with Crippen molar-refractivity contribution >= 4 is 11.9 Å². The van der Waals surface area contributed by atoms with Gasteiger partial charge >= 0.3 is 5.97 Å². The molecule has 0 saturated carbocycles. The second kappa shape index (κ2) is 8.08. The second-order valence-electron chi connectivity index (χ2n) is 5.02. The summed E-state index contributed by atoms with van der Waals surface area (Å²) in [5.74, 6) is -0.402. The highest BCUT2D eigenvalue weighted by Crippen LogP contribution is 2.15. The Morgan fingerprint density at radius 3 is 2.83 bits per heavy atom. The lowest BCUT2D eigenvalue weighted by Crippen LogP contribution is -2.28. The predicted molar refractivity (Wildman–Crippen MR) is 67.3 cm³/mol. The number of carbonyl (C=O) groups is 2. The summed E-state index contributed by atoms with van der Waals surface area (Å²) in [6.45, 7) is 3.39. The van der Waals surface area contributed by atoms with Crippen LogP contribution >= 0.6 is 0 Å². The van der Waals surface area contributed by atoms with Crippen molar-refractivity contribution in [1.29, 1.82) is 0 Å². The van der Waals surface area contributed by atoms with Crippen LogP contribution in [0.2, 0.25) is 0 Å². The molecule has 0 aromatic carbocycles. The maximum absolute atomic E-state index is 11.6. The monoisotopic (exact) mass is 257 g/mol. The molecule has 1 aliphatic rings. The molecular formula is C13H23NO4. The molecule has 1 heterocycles. The average Bonchev–Trinajstić information content (AvgIpc) is 2.79. The maximum atomic E-state index is 11.6. The molecular weight excluding hydrogens is 234 g/mol. The van der Waals surface area contributed by atoms with Gasteiger partial charge in [0, 0.05) is 19.6 Å². The highest BCUT2D eigenvalue weighted by atomic mass is 16.5. The molecule has 1 aliphatic heterocycles. The molecule has 0 aliphatic carbocycles. The van der Waals surface area contributed by atoms with Crippen LogP contribution in [0.1, 0.15) is 45.4 Å². The maximum Gasteiger partial charge on any atom is 0.303 e. The SMILES string of the molecule is CC(CCNC(=O)CC1CCCO1)CCC(=O)O. The van der Waals surface area contributed by atoms with Crippen molar-refractivity contribution in [3.8, 4) is 0 Å². The number of aliphatic carboxylic acids is 1. The van der Waals surface area contributed by atoms with Gasteiger partial charge in [-0.25, -0.2) is 0 Å². The van der Waals surface area contributed by atoms with E-state index in [4.69, 9.17) is 9.84 Å². The van der Waals surface area contributed by atoms with Crippen LogP contribution in [0.3, 0.4) is 0 Å². The average molecular weight is 257 g/mol. The van der Waals surface area contributed by atoms with Crippen LogP contribution in [0.4, 0.5) is 0 Å². The molecule has 2 atom stereocenters. The number of carbonyl (C=O) groups excluding carboxylic acids is 1. The molecule has 0 radical (unpaired) electrons. The zero-order valence-electron chi connectivity index (χ0n) is 11.0. The summed E-state index contributed by atoms with van der Waals surface area (Å²) < 4.78 is 5.39. The van der Waals surface area contributed by atoms with E-state index in [0.29, 0.717) is 25.3 Å². The van der Waals surface area contributed by atoms with Crippen LogP contribution < -0.4 is 5.32 Å². The molecule has 104 valence electrons. The normalized spacial score (nSPS) is 20.6. The minimum Gasteiger partial charge on any atom is -0.481 e. The minimum absolute atomic E-state index is 0.0346. The Balaban J connectivity index is 2.02. The molecule has 1 amide bonds. The molecule has 0 aromatic rings. The zero-order chi connectivity index (χ0) is 13.4. The van der Waals surface area contributed by atoms with Crippen LogP contribution in [-0.4, -0.2) is 36.2 Å².